The SMILES string of the molecule is CNCC1CCCN1C(=O)c1cc(C)n(-c2ccccc2C)c1C. The summed E-state index contributed by atoms with van der Waals surface area (Å²) in [5.41, 5.74) is 5.34. The van der Waals surface area contributed by atoms with Crippen LogP contribution in [-0.2, 0) is 0 Å². The van der Waals surface area contributed by atoms with E-state index in [1.165, 1.54) is 5.56 Å². The van der Waals surface area contributed by atoms with Crippen molar-refractivity contribution in [2.75, 3.05) is 20.1 Å². The molecule has 1 aliphatic rings. The van der Waals surface area contributed by atoms with Gasteiger partial charge in [-0.05, 0) is 58.4 Å². The number of aromatic nitrogens is 1. The minimum Gasteiger partial charge on any atom is -0.334 e. The fourth-order valence-electron chi connectivity index (χ4n) is 3.87. The first-order valence-electron chi connectivity index (χ1n) is 8.75. The van der Waals surface area contributed by atoms with Crippen LogP contribution in [0, 0.1) is 20.8 Å². The number of hydrogen-bond donors (Lipinski definition) is 1. The summed E-state index contributed by atoms with van der Waals surface area (Å²) in [5.74, 6) is 0.167. The van der Waals surface area contributed by atoms with E-state index in [0.29, 0.717) is 6.04 Å². The lowest BCUT2D eigenvalue weighted by Gasteiger charge is -2.24. The summed E-state index contributed by atoms with van der Waals surface area (Å²) in [6, 6.07) is 10.7. The van der Waals surface area contributed by atoms with E-state index < -0.39 is 0 Å². The van der Waals surface area contributed by atoms with Crippen molar-refractivity contribution in [2.24, 2.45) is 0 Å². The first kappa shape index (κ1) is 16.8. The molecule has 1 fully saturated rings. The third-order valence-corrected chi connectivity index (χ3v) is 5.10. The van der Waals surface area contributed by atoms with Gasteiger partial charge in [0.1, 0.15) is 0 Å². The van der Waals surface area contributed by atoms with Crippen molar-refractivity contribution in [2.45, 2.75) is 39.7 Å². The molecule has 128 valence electrons. The fourth-order valence-corrected chi connectivity index (χ4v) is 3.87. The van der Waals surface area contributed by atoms with Gasteiger partial charge in [0.15, 0.2) is 0 Å². The van der Waals surface area contributed by atoms with Crippen molar-refractivity contribution in [3.8, 4) is 5.69 Å². The Balaban J connectivity index is 1.97. The Hall–Kier alpha value is -2.07. The van der Waals surface area contributed by atoms with Crippen LogP contribution in [0.3, 0.4) is 0 Å². The molecular weight excluding hydrogens is 298 g/mol. The minimum atomic E-state index is 0.167. The summed E-state index contributed by atoms with van der Waals surface area (Å²) in [5, 5.41) is 3.21. The summed E-state index contributed by atoms with van der Waals surface area (Å²) in [6.07, 6.45) is 2.18. The minimum absolute atomic E-state index is 0.167. The topological polar surface area (TPSA) is 37.3 Å². The van der Waals surface area contributed by atoms with Crippen molar-refractivity contribution in [3.63, 3.8) is 0 Å². The van der Waals surface area contributed by atoms with Crippen molar-refractivity contribution in [3.05, 3.63) is 52.8 Å². The van der Waals surface area contributed by atoms with Crippen LogP contribution in [-0.4, -0.2) is 41.6 Å². The zero-order valence-electron chi connectivity index (χ0n) is 15.1. The fraction of sp³-hybridized carbons (Fsp3) is 0.450. The number of carbonyl (C=O) groups is 1. The molecule has 1 saturated heterocycles. The summed E-state index contributed by atoms with van der Waals surface area (Å²) in [6.45, 7) is 7.96. The predicted molar refractivity (Wildman–Crippen MR) is 98.0 cm³/mol. The van der Waals surface area contributed by atoms with Gasteiger partial charge in [-0.1, -0.05) is 18.2 Å². The van der Waals surface area contributed by atoms with Gasteiger partial charge in [0, 0.05) is 36.2 Å². The van der Waals surface area contributed by atoms with Crippen LogP contribution in [0.5, 0.6) is 0 Å². The van der Waals surface area contributed by atoms with Crippen LogP contribution in [0.25, 0.3) is 5.69 Å². The Morgan fingerprint density at radius 1 is 1.25 bits per heavy atom. The maximum Gasteiger partial charge on any atom is 0.255 e. The van der Waals surface area contributed by atoms with Gasteiger partial charge in [-0.3, -0.25) is 4.79 Å². The second kappa shape index (κ2) is 6.81. The second-order valence-electron chi connectivity index (χ2n) is 6.76. The van der Waals surface area contributed by atoms with Gasteiger partial charge in [0.05, 0.1) is 5.56 Å². The van der Waals surface area contributed by atoms with E-state index in [4.69, 9.17) is 0 Å². The molecule has 1 amide bonds. The van der Waals surface area contributed by atoms with E-state index in [2.05, 4.69) is 42.8 Å². The summed E-state index contributed by atoms with van der Waals surface area (Å²) < 4.78 is 2.20. The highest BCUT2D eigenvalue weighted by atomic mass is 16.2. The normalized spacial score (nSPS) is 17.5. The van der Waals surface area contributed by atoms with Crippen molar-refractivity contribution < 1.29 is 4.79 Å². The largest absolute Gasteiger partial charge is 0.334 e. The number of para-hydroxylation sites is 1. The van der Waals surface area contributed by atoms with Crippen LogP contribution < -0.4 is 5.32 Å². The zero-order valence-corrected chi connectivity index (χ0v) is 15.1. The predicted octanol–water partition coefficient (Wildman–Crippen LogP) is 3.23. The van der Waals surface area contributed by atoms with Crippen molar-refractivity contribution in [1.82, 2.24) is 14.8 Å². The molecule has 4 nitrogen and oxygen atoms in total. The number of amides is 1. The number of carbonyl (C=O) groups excluding carboxylic acids is 1. The maximum absolute atomic E-state index is 13.1. The molecule has 2 aromatic rings. The average Bonchev–Trinajstić information content (AvgIpc) is 3.13. The van der Waals surface area contributed by atoms with E-state index in [1.807, 2.05) is 30.1 Å². The highest BCUT2D eigenvalue weighted by Crippen LogP contribution is 2.26. The summed E-state index contributed by atoms with van der Waals surface area (Å²) in [4.78, 5) is 15.2. The van der Waals surface area contributed by atoms with E-state index in [0.717, 1.165) is 48.6 Å². The molecule has 0 spiro atoms. The number of aryl methyl sites for hydroxylation is 2. The number of likely N-dealkylation sites (tertiary alicyclic amines) is 1. The Morgan fingerprint density at radius 3 is 2.71 bits per heavy atom. The number of rotatable bonds is 4. The second-order valence-corrected chi connectivity index (χ2v) is 6.76. The van der Waals surface area contributed by atoms with E-state index >= 15 is 0 Å². The number of likely N-dealkylation sites (N-methyl/N-ethyl adjacent to an activating group) is 1. The van der Waals surface area contributed by atoms with Gasteiger partial charge < -0.3 is 14.8 Å². The Kier molecular flexibility index (Phi) is 4.76. The molecule has 1 atom stereocenters. The first-order valence-corrected chi connectivity index (χ1v) is 8.75. The van der Waals surface area contributed by atoms with Crippen LogP contribution in [0.2, 0.25) is 0 Å². The van der Waals surface area contributed by atoms with Gasteiger partial charge in [-0.25, -0.2) is 0 Å². The molecule has 2 heterocycles. The molecule has 1 unspecified atom stereocenters. The van der Waals surface area contributed by atoms with E-state index in [9.17, 15) is 4.79 Å². The number of hydrogen-bond acceptors (Lipinski definition) is 2. The van der Waals surface area contributed by atoms with Gasteiger partial charge >= 0.3 is 0 Å². The lowest BCUT2D eigenvalue weighted by molar-refractivity contribution is 0.0736. The van der Waals surface area contributed by atoms with Gasteiger partial charge in [0.25, 0.3) is 5.91 Å². The summed E-state index contributed by atoms with van der Waals surface area (Å²) in [7, 11) is 1.95. The third-order valence-electron chi connectivity index (χ3n) is 5.10. The molecule has 1 aromatic heterocycles. The quantitative estimate of drug-likeness (QED) is 0.937. The van der Waals surface area contributed by atoms with Crippen LogP contribution in [0.1, 0.15) is 40.2 Å². The Bertz CT molecular complexity index is 747. The lowest BCUT2D eigenvalue weighted by Crippen LogP contribution is -2.41. The highest BCUT2D eigenvalue weighted by molar-refractivity contribution is 5.96. The number of nitrogens with zero attached hydrogens (tertiary/aromatic N) is 2. The molecule has 1 N–H and O–H groups in total. The Morgan fingerprint density at radius 2 is 2.00 bits per heavy atom. The van der Waals surface area contributed by atoms with Gasteiger partial charge in [-0.15, -0.1) is 0 Å². The van der Waals surface area contributed by atoms with Crippen molar-refractivity contribution >= 4 is 5.91 Å². The first-order chi connectivity index (χ1) is 11.5. The number of benzene rings is 1. The highest BCUT2D eigenvalue weighted by Gasteiger charge is 2.30. The van der Waals surface area contributed by atoms with Crippen LogP contribution in [0.4, 0.5) is 0 Å². The molecule has 24 heavy (non-hydrogen) atoms. The number of nitrogens with one attached hydrogen (secondary N) is 1. The van der Waals surface area contributed by atoms with E-state index in [1.54, 1.807) is 0 Å². The van der Waals surface area contributed by atoms with E-state index in [-0.39, 0.29) is 5.91 Å². The monoisotopic (exact) mass is 325 g/mol. The molecule has 0 saturated carbocycles. The van der Waals surface area contributed by atoms with Gasteiger partial charge in [-0.2, -0.15) is 0 Å². The molecule has 0 aliphatic carbocycles. The third kappa shape index (κ3) is 2.86. The Labute approximate surface area is 144 Å². The van der Waals surface area contributed by atoms with Crippen LogP contribution >= 0.6 is 0 Å². The molecule has 0 radical (unpaired) electrons. The molecule has 4 heteroatoms. The molecule has 3 rings (SSSR count). The maximum atomic E-state index is 13.1. The molecule has 0 bridgehead atoms. The van der Waals surface area contributed by atoms with Crippen molar-refractivity contribution in [1.29, 1.82) is 0 Å². The lowest BCUT2D eigenvalue weighted by atomic mass is 10.1. The summed E-state index contributed by atoms with van der Waals surface area (Å²) >= 11 is 0. The average molecular weight is 325 g/mol. The smallest absolute Gasteiger partial charge is 0.255 e. The molecule has 1 aromatic carbocycles. The molecular formula is C20H27N3O. The zero-order chi connectivity index (χ0) is 17.3. The van der Waals surface area contributed by atoms with Gasteiger partial charge in [0.2, 0.25) is 0 Å². The van der Waals surface area contributed by atoms with Crippen LogP contribution in [0.15, 0.2) is 30.3 Å². The standard InChI is InChI=1S/C20H27N3O/c1-14-8-5-6-10-19(14)23-15(2)12-18(16(23)3)20(24)22-11-7-9-17(22)13-21-4/h5-6,8,10,12,17,21H,7,9,11,13H2,1-4H3. The molecule has 1 aliphatic heterocycles.